The molecule has 1 aromatic carbocycles. The molecule has 0 aliphatic carbocycles. The average molecular weight is 276 g/mol. The van der Waals surface area contributed by atoms with Crippen molar-refractivity contribution in [3.05, 3.63) is 47.3 Å². The lowest BCUT2D eigenvalue weighted by molar-refractivity contribution is 0.0688. The lowest BCUT2D eigenvalue weighted by atomic mass is 10.2. The minimum Gasteiger partial charge on any atom is -0.476 e. The van der Waals surface area contributed by atoms with Crippen molar-refractivity contribution in [1.82, 2.24) is 9.78 Å². The summed E-state index contributed by atoms with van der Waals surface area (Å²) in [5.41, 5.74) is 2.21. The van der Waals surface area contributed by atoms with Crippen molar-refractivity contribution in [2.75, 3.05) is 13.7 Å². The Kier molecular flexibility index (Phi) is 4.49. The Morgan fingerprint density at radius 2 is 2.25 bits per heavy atom. The molecule has 0 saturated carbocycles. The monoisotopic (exact) mass is 276 g/mol. The molecule has 2 aromatic rings. The number of aliphatic hydroxyl groups is 1. The number of aromatic carboxylic acids is 1. The smallest absolute Gasteiger partial charge is 0.356 e. The second kappa shape index (κ2) is 6.31. The zero-order chi connectivity index (χ0) is 14.5. The highest BCUT2D eigenvalue weighted by Gasteiger charge is 2.16. The Bertz CT molecular complexity index is 607. The van der Waals surface area contributed by atoms with Crippen molar-refractivity contribution < 1.29 is 19.7 Å². The molecule has 0 spiro atoms. The van der Waals surface area contributed by atoms with Gasteiger partial charge in [-0.2, -0.15) is 5.10 Å². The van der Waals surface area contributed by atoms with E-state index < -0.39 is 5.97 Å². The molecule has 0 saturated heterocycles. The molecule has 0 aliphatic heterocycles. The maximum Gasteiger partial charge on any atom is 0.356 e. The highest BCUT2D eigenvalue weighted by molar-refractivity contribution is 5.87. The lowest BCUT2D eigenvalue weighted by Crippen LogP contribution is -2.04. The van der Waals surface area contributed by atoms with Crippen LogP contribution in [0.15, 0.2) is 30.5 Å². The number of hydrogen-bond acceptors (Lipinski definition) is 4. The molecule has 2 rings (SSSR count). The van der Waals surface area contributed by atoms with Gasteiger partial charge >= 0.3 is 5.97 Å². The van der Waals surface area contributed by atoms with E-state index in [2.05, 4.69) is 5.10 Å². The van der Waals surface area contributed by atoms with Gasteiger partial charge in [-0.1, -0.05) is 12.1 Å². The van der Waals surface area contributed by atoms with E-state index in [-0.39, 0.29) is 18.7 Å². The number of benzene rings is 1. The maximum atomic E-state index is 11.1. The normalized spacial score (nSPS) is 10.7. The van der Waals surface area contributed by atoms with Crippen LogP contribution < -0.4 is 0 Å². The summed E-state index contributed by atoms with van der Waals surface area (Å²) < 4.78 is 6.58. The first kappa shape index (κ1) is 14.2. The van der Waals surface area contributed by atoms with Gasteiger partial charge in [0.05, 0.1) is 12.3 Å². The molecule has 0 bridgehead atoms. The Labute approximate surface area is 116 Å². The number of aromatic nitrogens is 2. The Hall–Kier alpha value is -2.18. The van der Waals surface area contributed by atoms with Gasteiger partial charge in [0.15, 0.2) is 5.69 Å². The number of hydrogen-bond donors (Lipinski definition) is 2. The molecule has 0 amide bonds. The van der Waals surface area contributed by atoms with Crippen LogP contribution in [0.2, 0.25) is 0 Å². The van der Waals surface area contributed by atoms with Gasteiger partial charge in [-0.15, -0.1) is 0 Å². The van der Waals surface area contributed by atoms with Gasteiger partial charge in [-0.05, 0) is 24.1 Å². The van der Waals surface area contributed by atoms with Gasteiger partial charge in [0.2, 0.25) is 0 Å². The van der Waals surface area contributed by atoms with E-state index >= 15 is 0 Å². The number of methoxy groups -OCH3 is 1. The van der Waals surface area contributed by atoms with Crippen molar-refractivity contribution >= 4 is 5.97 Å². The van der Waals surface area contributed by atoms with Crippen molar-refractivity contribution in [2.45, 2.75) is 13.0 Å². The number of carbonyl (C=O) groups is 1. The maximum absolute atomic E-state index is 11.1. The summed E-state index contributed by atoms with van der Waals surface area (Å²) in [6.07, 6.45) is 1.89. The molecule has 6 heteroatoms. The van der Waals surface area contributed by atoms with Gasteiger partial charge < -0.3 is 14.9 Å². The fraction of sp³-hybridized carbons (Fsp3) is 0.286. The lowest BCUT2D eigenvalue weighted by Gasteiger charge is -2.04. The summed E-state index contributed by atoms with van der Waals surface area (Å²) in [6.45, 7) is 0.361. The number of carboxylic acid groups (broad SMARTS) is 1. The topological polar surface area (TPSA) is 84.6 Å². The first-order valence-corrected chi connectivity index (χ1v) is 6.16. The summed E-state index contributed by atoms with van der Waals surface area (Å²) in [4.78, 5) is 11.1. The molecule has 106 valence electrons. The van der Waals surface area contributed by atoms with Crippen LogP contribution in [0, 0.1) is 0 Å². The summed E-state index contributed by atoms with van der Waals surface area (Å²) in [7, 11) is 1.61. The third kappa shape index (κ3) is 3.04. The molecule has 0 radical (unpaired) electrons. The molecule has 1 heterocycles. The SMILES string of the molecule is COCc1cccc(-n2cc(CCO)c(C(=O)O)n2)c1. The molecule has 2 N–H and O–H groups in total. The van der Waals surface area contributed by atoms with E-state index in [9.17, 15) is 4.79 Å². The van der Waals surface area contributed by atoms with Crippen LogP contribution in [-0.2, 0) is 17.8 Å². The number of carboxylic acids is 1. The second-order valence-electron chi connectivity index (χ2n) is 4.33. The van der Waals surface area contributed by atoms with E-state index in [1.165, 1.54) is 4.68 Å². The Balaban J connectivity index is 2.39. The van der Waals surface area contributed by atoms with Crippen molar-refractivity contribution in [1.29, 1.82) is 0 Å². The molecule has 0 fully saturated rings. The molecule has 0 unspecified atom stereocenters. The van der Waals surface area contributed by atoms with Gasteiger partial charge in [0.25, 0.3) is 0 Å². The number of rotatable bonds is 6. The first-order chi connectivity index (χ1) is 9.65. The van der Waals surface area contributed by atoms with Gasteiger partial charge in [-0.25, -0.2) is 9.48 Å². The van der Waals surface area contributed by atoms with Crippen molar-refractivity contribution in [3.8, 4) is 5.69 Å². The number of nitrogens with zero attached hydrogens (tertiary/aromatic N) is 2. The fourth-order valence-corrected chi connectivity index (χ4v) is 1.98. The predicted octanol–water partition coefficient (Wildman–Crippen LogP) is 1.25. The molecule has 6 nitrogen and oxygen atoms in total. The minimum atomic E-state index is -1.10. The van der Waals surface area contributed by atoms with E-state index in [4.69, 9.17) is 14.9 Å². The van der Waals surface area contributed by atoms with E-state index in [0.29, 0.717) is 12.2 Å². The van der Waals surface area contributed by atoms with Gasteiger partial charge in [0, 0.05) is 25.5 Å². The summed E-state index contributed by atoms with van der Waals surface area (Å²) in [5.74, 6) is -1.10. The Morgan fingerprint density at radius 1 is 1.45 bits per heavy atom. The largest absolute Gasteiger partial charge is 0.476 e. The second-order valence-corrected chi connectivity index (χ2v) is 4.33. The molecule has 1 aromatic heterocycles. The van der Waals surface area contributed by atoms with Gasteiger partial charge in [0.1, 0.15) is 0 Å². The number of aliphatic hydroxyl groups excluding tert-OH is 1. The summed E-state index contributed by atoms with van der Waals surface area (Å²) >= 11 is 0. The summed E-state index contributed by atoms with van der Waals surface area (Å²) in [6, 6.07) is 7.49. The first-order valence-electron chi connectivity index (χ1n) is 6.16. The Morgan fingerprint density at radius 3 is 2.90 bits per heavy atom. The van der Waals surface area contributed by atoms with E-state index in [1.54, 1.807) is 13.3 Å². The van der Waals surface area contributed by atoms with Crippen LogP contribution in [0.4, 0.5) is 0 Å². The van der Waals surface area contributed by atoms with Crippen LogP contribution >= 0.6 is 0 Å². The predicted molar refractivity (Wildman–Crippen MR) is 72.0 cm³/mol. The van der Waals surface area contributed by atoms with Crippen LogP contribution in [0.5, 0.6) is 0 Å². The molecule has 0 atom stereocenters. The number of ether oxygens (including phenoxy) is 1. The molecule has 20 heavy (non-hydrogen) atoms. The van der Waals surface area contributed by atoms with Crippen LogP contribution in [0.25, 0.3) is 5.69 Å². The highest BCUT2D eigenvalue weighted by atomic mass is 16.5. The highest BCUT2D eigenvalue weighted by Crippen LogP contribution is 2.15. The van der Waals surface area contributed by atoms with Crippen molar-refractivity contribution in [2.24, 2.45) is 0 Å². The fourth-order valence-electron chi connectivity index (χ4n) is 1.98. The van der Waals surface area contributed by atoms with Crippen LogP contribution in [0.3, 0.4) is 0 Å². The standard InChI is InChI=1S/C14H16N2O4/c1-20-9-10-3-2-4-12(7-10)16-8-11(5-6-17)13(15-16)14(18)19/h2-4,7-8,17H,5-6,9H2,1H3,(H,18,19). The molecular weight excluding hydrogens is 260 g/mol. The average Bonchev–Trinajstić information content (AvgIpc) is 2.84. The van der Waals surface area contributed by atoms with Crippen LogP contribution in [0.1, 0.15) is 21.6 Å². The van der Waals surface area contributed by atoms with Gasteiger partial charge in [-0.3, -0.25) is 0 Å². The molecule has 0 aliphatic rings. The minimum absolute atomic E-state index is 0.0313. The van der Waals surface area contributed by atoms with Crippen molar-refractivity contribution in [3.63, 3.8) is 0 Å². The van der Waals surface area contributed by atoms with E-state index in [1.807, 2.05) is 24.3 Å². The van der Waals surface area contributed by atoms with Crippen LogP contribution in [-0.4, -0.2) is 39.7 Å². The third-order valence-electron chi connectivity index (χ3n) is 2.86. The molecular formula is C14H16N2O4. The third-order valence-corrected chi connectivity index (χ3v) is 2.86. The quantitative estimate of drug-likeness (QED) is 0.829. The summed E-state index contributed by atoms with van der Waals surface area (Å²) in [5, 5.41) is 22.2. The zero-order valence-corrected chi connectivity index (χ0v) is 11.1. The zero-order valence-electron chi connectivity index (χ0n) is 11.1. The van der Waals surface area contributed by atoms with E-state index in [0.717, 1.165) is 11.3 Å².